The van der Waals surface area contributed by atoms with Crippen LogP contribution < -0.4 is 4.74 Å². The maximum absolute atomic E-state index is 13.4. The number of halogens is 1. The zero-order chi connectivity index (χ0) is 11.5. The third kappa shape index (κ3) is 3.49. The topological polar surface area (TPSA) is 63.6 Å². The Hall–Kier alpha value is -1.14. The molecule has 0 bridgehead atoms. The van der Waals surface area contributed by atoms with E-state index in [9.17, 15) is 12.8 Å². The SMILES string of the molecule is COc1cccc(CCS(=O)(=O)O)c1F. The van der Waals surface area contributed by atoms with Crippen molar-refractivity contribution in [3.63, 3.8) is 0 Å². The molecule has 0 aromatic heterocycles. The van der Waals surface area contributed by atoms with Crippen molar-refractivity contribution in [2.45, 2.75) is 6.42 Å². The van der Waals surface area contributed by atoms with E-state index in [1.807, 2.05) is 0 Å². The van der Waals surface area contributed by atoms with Crippen LogP contribution in [0.3, 0.4) is 0 Å². The molecule has 0 radical (unpaired) electrons. The second-order valence-corrected chi connectivity index (χ2v) is 4.54. The Morgan fingerprint density at radius 1 is 1.47 bits per heavy atom. The number of hydrogen-bond donors (Lipinski definition) is 1. The molecule has 84 valence electrons. The maximum atomic E-state index is 13.4. The molecule has 1 aromatic rings. The molecule has 0 heterocycles. The zero-order valence-corrected chi connectivity index (χ0v) is 8.92. The monoisotopic (exact) mass is 234 g/mol. The van der Waals surface area contributed by atoms with Gasteiger partial charge in [0.15, 0.2) is 11.6 Å². The third-order valence-corrected chi connectivity index (χ3v) is 2.61. The lowest BCUT2D eigenvalue weighted by Crippen LogP contribution is -2.08. The minimum atomic E-state index is -4.07. The summed E-state index contributed by atoms with van der Waals surface area (Å²) >= 11 is 0. The van der Waals surface area contributed by atoms with Crippen LogP contribution in [-0.2, 0) is 16.5 Å². The lowest BCUT2D eigenvalue weighted by atomic mass is 10.1. The number of rotatable bonds is 4. The largest absolute Gasteiger partial charge is 0.494 e. The maximum Gasteiger partial charge on any atom is 0.265 e. The van der Waals surface area contributed by atoms with Gasteiger partial charge in [-0.3, -0.25) is 4.55 Å². The van der Waals surface area contributed by atoms with Gasteiger partial charge in [0.25, 0.3) is 10.1 Å². The predicted molar refractivity (Wildman–Crippen MR) is 53.1 cm³/mol. The van der Waals surface area contributed by atoms with Crippen LogP contribution in [0.4, 0.5) is 4.39 Å². The fourth-order valence-electron chi connectivity index (χ4n) is 1.15. The molecular formula is C9H11FO4S. The van der Waals surface area contributed by atoms with Crippen molar-refractivity contribution < 1.29 is 22.1 Å². The van der Waals surface area contributed by atoms with E-state index in [1.165, 1.54) is 19.2 Å². The Morgan fingerprint density at radius 3 is 2.67 bits per heavy atom. The molecule has 0 amide bonds. The number of aryl methyl sites for hydroxylation is 1. The quantitative estimate of drug-likeness (QED) is 0.797. The summed E-state index contributed by atoms with van der Waals surface area (Å²) in [5.74, 6) is -1.04. The van der Waals surface area contributed by atoms with Crippen LogP contribution in [0, 0.1) is 5.82 Å². The normalized spacial score (nSPS) is 11.4. The van der Waals surface area contributed by atoms with E-state index in [0.29, 0.717) is 0 Å². The fourth-order valence-corrected chi connectivity index (χ4v) is 1.62. The summed E-state index contributed by atoms with van der Waals surface area (Å²) in [5, 5.41) is 0. The summed E-state index contributed by atoms with van der Waals surface area (Å²) in [6, 6.07) is 4.44. The van der Waals surface area contributed by atoms with Crippen molar-refractivity contribution in [2.75, 3.05) is 12.9 Å². The van der Waals surface area contributed by atoms with E-state index in [0.717, 1.165) is 0 Å². The van der Waals surface area contributed by atoms with Crippen molar-refractivity contribution in [3.05, 3.63) is 29.6 Å². The molecule has 0 saturated heterocycles. The smallest absolute Gasteiger partial charge is 0.265 e. The number of methoxy groups -OCH3 is 1. The van der Waals surface area contributed by atoms with Crippen LogP contribution in [0.15, 0.2) is 18.2 Å². The summed E-state index contributed by atoms with van der Waals surface area (Å²) in [4.78, 5) is 0. The van der Waals surface area contributed by atoms with Gasteiger partial charge in [0.1, 0.15) is 0 Å². The first-order chi connectivity index (χ1) is 6.94. The molecule has 1 rings (SSSR count). The van der Waals surface area contributed by atoms with E-state index in [-0.39, 0.29) is 17.7 Å². The van der Waals surface area contributed by atoms with Crippen LogP contribution in [0.25, 0.3) is 0 Å². The minimum Gasteiger partial charge on any atom is -0.494 e. The standard InChI is InChI=1S/C9H11FO4S/c1-14-8-4-2-3-7(9(8)10)5-6-15(11,12)13/h2-4H,5-6H2,1H3,(H,11,12,13). The molecule has 6 heteroatoms. The molecular weight excluding hydrogens is 223 g/mol. The highest BCUT2D eigenvalue weighted by molar-refractivity contribution is 7.85. The van der Waals surface area contributed by atoms with E-state index >= 15 is 0 Å². The molecule has 1 N–H and O–H groups in total. The van der Waals surface area contributed by atoms with Crippen LogP contribution in [0.5, 0.6) is 5.75 Å². The van der Waals surface area contributed by atoms with Crippen LogP contribution in [-0.4, -0.2) is 25.8 Å². The van der Waals surface area contributed by atoms with E-state index in [2.05, 4.69) is 0 Å². The van der Waals surface area contributed by atoms with Gasteiger partial charge < -0.3 is 4.74 Å². The molecule has 15 heavy (non-hydrogen) atoms. The second kappa shape index (κ2) is 4.59. The number of ether oxygens (including phenoxy) is 1. The highest BCUT2D eigenvalue weighted by atomic mass is 32.2. The lowest BCUT2D eigenvalue weighted by Gasteiger charge is -2.06. The highest BCUT2D eigenvalue weighted by Crippen LogP contribution is 2.20. The first-order valence-corrected chi connectivity index (χ1v) is 5.81. The van der Waals surface area contributed by atoms with Crippen LogP contribution >= 0.6 is 0 Å². The Kier molecular flexibility index (Phi) is 3.65. The molecule has 0 atom stereocenters. The zero-order valence-electron chi connectivity index (χ0n) is 8.10. The first kappa shape index (κ1) is 11.9. The Balaban J connectivity index is 2.87. The Morgan fingerprint density at radius 2 is 2.13 bits per heavy atom. The van der Waals surface area contributed by atoms with Crippen molar-refractivity contribution in [1.82, 2.24) is 0 Å². The van der Waals surface area contributed by atoms with Gasteiger partial charge in [-0.05, 0) is 18.1 Å². The fraction of sp³-hybridized carbons (Fsp3) is 0.333. The number of hydrogen-bond acceptors (Lipinski definition) is 3. The second-order valence-electron chi connectivity index (χ2n) is 2.97. The van der Waals surface area contributed by atoms with Crippen molar-refractivity contribution in [1.29, 1.82) is 0 Å². The van der Waals surface area contributed by atoms with Gasteiger partial charge in [-0.25, -0.2) is 4.39 Å². The van der Waals surface area contributed by atoms with Gasteiger partial charge in [-0.2, -0.15) is 8.42 Å². The van der Waals surface area contributed by atoms with Gasteiger partial charge >= 0.3 is 0 Å². The molecule has 0 aliphatic carbocycles. The molecule has 0 fully saturated rings. The highest BCUT2D eigenvalue weighted by Gasteiger charge is 2.11. The first-order valence-electron chi connectivity index (χ1n) is 4.20. The molecule has 1 aromatic carbocycles. The van der Waals surface area contributed by atoms with E-state index in [1.54, 1.807) is 6.07 Å². The number of benzene rings is 1. The molecule has 0 spiro atoms. The summed E-state index contributed by atoms with van der Waals surface area (Å²) in [7, 11) is -2.74. The Labute approximate surface area is 87.4 Å². The van der Waals surface area contributed by atoms with Crippen LogP contribution in [0.2, 0.25) is 0 Å². The average Bonchev–Trinajstić information content (AvgIpc) is 2.15. The molecule has 4 nitrogen and oxygen atoms in total. The van der Waals surface area contributed by atoms with Crippen LogP contribution in [0.1, 0.15) is 5.56 Å². The van der Waals surface area contributed by atoms with Gasteiger partial charge in [-0.1, -0.05) is 12.1 Å². The summed E-state index contributed by atoms with van der Waals surface area (Å²) < 4.78 is 47.6. The summed E-state index contributed by atoms with van der Waals surface area (Å²) in [6.07, 6.45) is -0.0815. The molecule has 0 saturated carbocycles. The van der Waals surface area contributed by atoms with Crippen molar-refractivity contribution >= 4 is 10.1 Å². The van der Waals surface area contributed by atoms with Gasteiger partial charge in [0, 0.05) is 0 Å². The van der Waals surface area contributed by atoms with Crippen molar-refractivity contribution in [3.8, 4) is 5.75 Å². The van der Waals surface area contributed by atoms with Gasteiger partial charge in [0.05, 0.1) is 12.9 Å². The molecule has 0 aliphatic rings. The van der Waals surface area contributed by atoms with Crippen molar-refractivity contribution in [2.24, 2.45) is 0 Å². The molecule has 0 aliphatic heterocycles. The third-order valence-electron chi connectivity index (χ3n) is 1.89. The van der Waals surface area contributed by atoms with E-state index < -0.39 is 21.7 Å². The van der Waals surface area contributed by atoms with Gasteiger partial charge in [0.2, 0.25) is 0 Å². The average molecular weight is 234 g/mol. The molecule has 0 unspecified atom stereocenters. The summed E-state index contributed by atoms with van der Waals surface area (Å²) in [6.45, 7) is 0. The van der Waals surface area contributed by atoms with E-state index in [4.69, 9.17) is 9.29 Å². The minimum absolute atomic E-state index is 0.0582. The van der Waals surface area contributed by atoms with Gasteiger partial charge in [-0.15, -0.1) is 0 Å². The summed E-state index contributed by atoms with van der Waals surface area (Å²) in [5.41, 5.74) is 0.201. The Bertz CT molecular complexity index is 441. The predicted octanol–water partition coefficient (Wildman–Crippen LogP) is 1.26. The lowest BCUT2D eigenvalue weighted by molar-refractivity contribution is 0.384.